The molecule has 0 saturated heterocycles. The molecule has 26 heavy (non-hydrogen) atoms. The van der Waals surface area contributed by atoms with E-state index >= 15 is 0 Å². The number of aliphatic hydroxyl groups excluding tert-OH is 1. The van der Waals surface area contributed by atoms with Crippen molar-refractivity contribution in [2.75, 3.05) is 13.2 Å². The van der Waals surface area contributed by atoms with E-state index < -0.39 is 0 Å². The van der Waals surface area contributed by atoms with E-state index in [2.05, 4.69) is 48.6 Å². The lowest BCUT2D eigenvalue weighted by molar-refractivity contribution is -0.119. The van der Waals surface area contributed by atoms with Crippen LogP contribution in [0.15, 0.2) is 48.6 Å². The lowest BCUT2D eigenvalue weighted by Gasteiger charge is -1.98. The lowest BCUT2D eigenvalue weighted by atomic mass is 10.1. The Labute approximate surface area is 160 Å². The predicted octanol–water partition coefficient (Wildman–Crippen LogP) is 5.41. The first-order valence-electron chi connectivity index (χ1n) is 10.2. The molecule has 3 N–H and O–H groups in total. The minimum absolute atomic E-state index is 0.0163. The molecule has 0 atom stereocenters. The monoisotopic (exact) mass is 361 g/mol. The first kappa shape index (κ1) is 24.6. The summed E-state index contributed by atoms with van der Waals surface area (Å²) in [6, 6.07) is 0. The smallest absolute Gasteiger partial charge is 0.135 e. The number of aliphatic hydroxyl groups is 1. The third kappa shape index (κ3) is 20.6. The third-order valence-electron chi connectivity index (χ3n) is 4.03. The van der Waals surface area contributed by atoms with E-state index in [1.807, 2.05) is 0 Å². The summed E-state index contributed by atoms with van der Waals surface area (Å²) in [6.45, 7) is 0.779. The fraction of sp³-hybridized carbons (Fsp3) is 0.609. The van der Waals surface area contributed by atoms with Crippen molar-refractivity contribution in [1.29, 1.82) is 0 Å². The fourth-order valence-electron chi connectivity index (χ4n) is 2.47. The first-order valence-corrected chi connectivity index (χ1v) is 10.2. The van der Waals surface area contributed by atoms with Crippen LogP contribution in [0.25, 0.3) is 0 Å². The van der Waals surface area contributed by atoms with E-state index in [-0.39, 0.29) is 12.4 Å². The first-order chi connectivity index (χ1) is 12.8. The molecule has 0 heterocycles. The largest absolute Gasteiger partial charge is 0.396 e. The Morgan fingerprint density at radius 3 is 1.65 bits per heavy atom. The molecule has 0 unspecified atom stereocenters. The standard InChI is InChI=1S/C23H39NO2/c24-21-18-16-14-12-10-8-6-4-2-1-3-5-7-9-11-13-15-17-19-23(26)20-22-25/h1,3-4,6-7,9-10,12,25H,2,5,8,11,13-22,24H2. The highest BCUT2D eigenvalue weighted by molar-refractivity contribution is 5.78. The lowest BCUT2D eigenvalue weighted by Crippen LogP contribution is -2.00. The van der Waals surface area contributed by atoms with Crippen LogP contribution in [0.2, 0.25) is 0 Å². The van der Waals surface area contributed by atoms with Gasteiger partial charge in [-0.15, -0.1) is 0 Å². The quantitative estimate of drug-likeness (QED) is 0.253. The highest BCUT2D eigenvalue weighted by Gasteiger charge is 1.99. The van der Waals surface area contributed by atoms with E-state index in [1.54, 1.807) is 0 Å². The molecule has 0 aromatic heterocycles. The maximum absolute atomic E-state index is 11.2. The van der Waals surface area contributed by atoms with Gasteiger partial charge in [-0.2, -0.15) is 0 Å². The SMILES string of the molecule is NCCCCC=CCC=CCC=CCC=CCCCCCC(=O)CCO. The number of hydrogen-bond donors (Lipinski definition) is 2. The zero-order valence-electron chi connectivity index (χ0n) is 16.5. The normalized spacial score (nSPS) is 12.4. The number of unbranched alkanes of at least 4 members (excludes halogenated alkanes) is 5. The van der Waals surface area contributed by atoms with Crippen LogP contribution in [0.4, 0.5) is 0 Å². The van der Waals surface area contributed by atoms with Gasteiger partial charge in [-0.1, -0.05) is 55.0 Å². The van der Waals surface area contributed by atoms with Gasteiger partial charge in [-0.3, -0.25) is 4.79 Å². The van der Waals surface area contributed by atoms with E-state index in [0.717, 1.165) is 64.3 Å². The van der Waals surface area contributed by atoms with Crippen LogP contribution in [0.1, 0.15) is 77.0 Å². The van der Waals surface area contributed by atoms with Gasteiger partial charge in [-0.25, -0.2) is 0 Å². The van der Waals surface area contributed by atoms with Crippen LogP contribution in [0, 0.1) is 0 Å². The van der Waals surface area contributed by atoms with Gasteiger partial charge in [0, 0.05) is 19.4 Å². The molecule has 0 aliphatic carbocycles. The van der Waals surface area contributed by atoms with Crippen LogP contribution < -0.4 is 5.73 Å². The van der Waals surface area contributed by atoms with Gasteiger partial charge in [0.25, 0.3) is 0 Å². The van der Waals surface area contributed by atoms with Gasteiger partial charge < -0.3 is 10.8 Å². The summed E-state index contributed by atoms with van der Waals surface area (Å²) in [5.74, 6) is 0.181. The molecule has 0 aromatic carbocycles. The van der Waals surface area contributed by atoms with Gasteiger partial charge >= 0.3 is 0 Å². The molecule has 0 aromatic rings. The van der Waals surface area contributed by atoms with Crippen LogP contribution in [-0.2, 0) is 4.79 Å². The molecule has 0 rings (SSSR count). The van der Waals surface area contributed by atoms with Crippen LogP contribution in [-0.4, -0.2) is 24.0 Å². The zero-order chi connectivity index (χ0) is 19.1. The van der Waals surface area contributed by atoms with Crippen LogP contribution >= 0.6 is 0 Å². The van der Waals surface area contributed by atoms with Gasteiger partial charge in [0.1, 0.15) is 5.78 Å². The van der Waals surface area contributed by atoms with Gasteiger partial charge in [0.05, 0.1) is 0 Å². The Kier molecular flexibility index (Phi) is 20.4. The van der Waals surface area contributed by atoms with Crippen molar-refractivity contribution in [2.24, 2.45) is 5.73 Å². The Bertz CT molecular complexity index is 422. The van der Waals surface area contributed by atoms with E-state index in [0.29, 0.717) is 12.8 Å². The summed E-state index contributed by atoms with van der Waals surface area (Å²) >= 11 is 0. The van der Waals surface area contributed by atoms with Crippen molar-refractivity contribution < 1.29 is 9.90 Å². The number of rotatable bonds is 18. The maximum atomic E-state index is 11.2. The average molecular weight is 362 g/mol. The Morgan fingerprint density at radius 2 is 1.15 bits per heavy atom. The van der Waals surface area contributed by atoms with Crippen molar-refractivity contribution in [3.63, 3.8) is 0 Å². The van der Waals surface area contributed by atoms with Crippen molar-refractivity contribution in [3.05, 3.63) is 48.6 Å². The molecule has 0 aliphatic rings. The van der Waals surface area contributed by atoms with Gasteiger partial charge in [0.2, 0.25) is 0 Å². The van der Waals surface area contributed by atoms with Crippen molar-refractivity contribution in [3.8, 4) is 0 Å². The van der Waals surface area contributed by atoms with Gasteiger partial charge in [0.15, 0.2) is 0 Å². The molecule has 0 aliphatic heterocycles. The molecular formula is C23H39NO2. The van der Waals surface area contributed by atoms with Crippen LogP contribution in [0.3, 0.4) is 0 Å². The second kappa shape index (κ2) is 21.6. The molecule has 0 bridgehead atoms. The van der Waals surface area contributed by atoms with Crippen LogP contribution in [0.5, 0.6) is 0 Å². The molecule has 0 amide bonds. The summed E-state index contributed by atoms with van der Waals surface area (Å²) in [4.78, 5) is 11.2. The van der Waals surface area contributed by atoms with E-state index in [9.17, 15) is 4.79 Å². The molecule has 148 valence electrons. The summed E-state index contributed by atoms with van der Waals surface area (Å²) in [5, 5.41) is 8.65. The molecule has 0 spiro atoms. The minimum atomic E-state index is -0.0163. The fourth-order valence-corrected chi connectivity index (χ4v) is 2.47. The molecule has 0 radical (unpaired) electrons. The van der Waals surface area contributed by atoms with Crippen molar-refractivity contribution in [1.82, 2.24) is 0 Å². The predicted molar refractivity (Wildman–Crippen MR) is 113 cm³/mol. The summed E-state index contributed by atoms with van der Waals surface area (Å²) in [6.07, 6.45) is 29.4. The highest BCUT2D eigenvalue weighted by Crippen LogP contribution is 2.06. The molecule has 3 heteroatoms. The average Bonchev–Trinajstić information content (AvgIpc) is 2.64. The number of hydrogen-bond acceptors (Lipinski definition) is 3. The third-order valence-corrected chi connectivity index (χ3v) is 4.03. The highest BCUT2D eigenvalue weighted by atomic mass is 16.3. The topological polar surface area (TPSA) is 63.3 Å². The van der Waals surface area contributed by atoms with E-state index in [1.165, 1.54) is 6.42 Å². The zero-order valence-corrected chi connectivity index (χ0v) is 16.5. The number of allylic oxidation sites excluding steroid dienone is 8. The Hall–Kier alpha value is -1.45. The summed E-state index contributed by atoms with van der Waals surface area (Å²) in [7, 11) is 0. The number of carbonyl (C=O) groups is 1. The number of nitrogens with two attached hydrogens (primary N) is 1. The Morgan fingerprint density at radius 1 is 0.654 bits per heavy atom. The second-order valence-electron chi connectivity index (χ2n) is 6.49. The number of Topliss-reactive ketones (excluding diaryl/α,β-unsaturated/α-hetero) is 1. The molecular weight excluding hydrogens is 322 g/mol. The minimum Gasteiger partial charge on any atom is -0.396 e. The number of carbonyl (C=O) groups excluding carboxylic acids is 1. The van der Waals surface area contributed by atoms with Crippen molar-refractivity contribution >= 4 is 5.78 Å². The molecule has 0 saturated carbocycles. The molecule has 3 nitrogen and oxygen atoms in total. The molecule has 0 fully saturated rings. The van der Waals surface area contributed by atoms with Crippen molar-refractivity contribution in [2.45, 2.75) is 77.0 Å². The maximum Gasteiger partial charge on any atom is 0.135 e. The second-order valence-corrected chi connectivity index (χ2v) is 6.49. The number of ketones is 1. The van der Waals surface area contributed by atoms with Gasteiger partial charge in [-0.05, 0) is 64.3 Å². The summed E-state index contributed by atoms with van der Waals surface area (Å²) < 4.78 is 0. The van der Waals surface area contributed by atoms with E-state index in [4.69, 9.17) is 10.8 Å². The summed E-state index contributed by atoms with van der Waals surface area (Å²) in [5.41, 5.74) is 5.46. The Balaban J connectivity index is 3.40.